The van der Waals surface area contributed by atoms with E-state index in [-0.39, 0.29) is 0 Å². The van der Waals surface area contributed by atoms with E-state index < -0.39 is 64.7 Å². The van der Waals surface area contributed by atoms with Crippen LogP contribution < -0.4 is 0 Å². The lowest BCUT2D eigenvalue weighted by Gasteiger charge is -2.42. The summed E-state index contributed by atoms with van der Waals surface area (Å²) in [6, 6.07) is 0. The van der Waals surface area contributed by atoms with Gasteiger partial charge in [-0.3, -0.25) is 0 Å². The van der Waals surface area contributed by atoms with Crippen molar-refractivity contribution in [3.8, 4) is 0 Å². The molecule has 0 saturated heterocycles. The fourth-order valence-electron chi connectivity index (χ4n) is 1.62. The summed E-state index contributed by atoms with van der Waals surface area (Å²) >= 11 is 0. The highest BCUT2D eigenvalue weighted by Crippen LogP contribution is 2.57. The van der Waals surface area contributed by atoms with Gasteiger partial charge >= 0.3 is 23.7 Å². The van der Waals surface area contributed by atoms with Gasteiger partial charge in [0.15, 0.2) is 12.3 Å². The molecule has 0 aliphatic carbocycles. The molecule has 3 atom stereocenters. The third kappa shape index (κ3) is 3.78. The summed E-state index contributed by atoms with van der Waals surface area (Å²) in [6.45, 7) is 0.828. The standard InChI is InChI=1S/C11H13F13OSi/c1-7(2,25-26)6(16)9(19,20)11(23,24)10(21,22)8(17,18)4(13)3(12)5(14)15/h3-6H,1-2,26H3. The molecule has 0 saturated carbocycles. The molecule has 0 fully saturated rings. The zero-order valence-electron chi connectivity index (χ0n) is 13.1. The molecule has 0 bridgehead atoms. The highest BCUT2D eigenvalue weighted by atomic mass is 28.2. The molecule has 26 heavy (non-hydrogen) atoms. The summed E-state index contributed by atoms with van der Waals surface area (Å²) in [7, 11) is -0.558. The summed E-state index contributed by atoms with van der Waals surface area (Å²) in [5.74, 6) is -28.3. The summed E-state index contributed by atoms with van der Waals surface area (Å²) in [5.41, 5.74) is -2.84. The molecule has 0 aromatic rings. The maximum absolute atomic E-state index is 13.7. The predicted octanol–water partition coefficient (Wildman–Crippen LogP) is 3.88. The number of hydrogen-bond acceptors (Lipinski definition) is 1. The van der Waals surface area contributed by atoms with Crippen molar-refractivity contribution in [1.29, 1.82) is 0 Å². The van der Waals surface area contributed by atoms with Crippen molar-refractivity contribution in [2.24, 2.45) is 0 Å². The van der Waals surface area contributed by atoms with Crippen LogP contribution in [-0.4, -0.2) is 64.7 Å². The molecule has 0 rings (SSSR count). The Labute approximate surface area is 141 Å². The van der Waals surface area contributed by atoms with Gasteiger partial charge in [-0.15, -0.1) is 0 Å². The van der Waals surface area contributed by atoms with Crippen LogP contribution in [-0.2, 0) is 4.43 Å². The second kappa shape index (κ2) is 7.35. The highest BCUT2D eigenvalue weighted by molar-refractivity contribution is 5.98. The Kier molecular flexibility index (Phi) is 7.15. The van der Waals surface area contributed by atoms with Crippen LogP contribution in [0.5, 0.6) is 0 Å². The Bertz CT molecular complexity index is 481. The molecule has 15 heteroatoms. The van der Waals surface area contributed by atoms with Crippen LogP contribution in [0.2, 0.25) is 0 Å². The monoisotopic (exact) mass is 436 g/mol. The van der Waals surface area contributed by atoms with E-state index in [1.807, 2.05) is 0 Å². The fraction of sp³-hybridized carbons (Fsp3) is 1.00. The second-order valence-electron chi connectivity index (χ2n) is 5.75. The van der Waals surface area contributed by atoms with Crippen molar-refractivity contribution >= 4 is 10.5 Å². The van der Waals surface area contributed by atoms with Gasteiger partial charge in [0.2, 0.25) is 6.17 Å². The Hall–Kier alpha value is -0.733. The third-order valence-electron chi connectivity index (χ3n) is 3.55. The van der Waals surface area contributed by atoms with E-state index in [9.17, 15) is 57.1 Å². The van der Waals surface area contributed by atoms with Gasteiger partial charge in [-0.1, -0.05) is 0 Å². The minimum atomic E-state index is -7.44. The minimum absolute atomic E-state index is 0.414. The van der Waals surface area contributed by atoms with Crippen molar-refractivity contribution in [1.82, 2.24) is 0 Å². The van der Waals surface area contributed by atoms with Gasteiger partial charge in [0.25, 0.3) is 6.43 Å². The van der Waals surface area contributed by atoms with E-state index in [0.29, 0.717) is 13.8 Å². The Morgan fingerprint density at radius 3 is 1.35 bits per heavy atom. The maximum Gasteiger partial charge on any atom is 0.381 e. The smallest absolute Gasteiger partial charge is 0.381 e. The zero-order chi connectivity index (χ0) is 21.5. The second-order valence-corrected chi connectivity index (χ2v) is 6.15. The van der Waals surface area contributed by atoms with E-state index in [2.05, 4.69) is 4.43 Å². The SMILES string of the molecule is CC(C)(O[SiH3])C(F)C(F)(F)C(F)(F)C(F)(F)C(F)(F)C(F)C(F)C(F)F. The average molecular weight is 436 g/mol. The van der Waals surface area contributed by atoms with Crippen molar-refractivity contribution in [2.45, 2.75) is 68.1 Å². The molecule has 0 heterocycles. The molecular weight excluding hydrogens is 423 g/mol. The van der Waals surface area contributed by atoms with Crippen LogP contribution in [0.3, 0.4) is 0 Å². The first-order chi connectivity index (χ1) is 11.2. The first kappa shape index (κ1) is 25.3. The lowest BCUT2D eigenvalue weighted by Crippen LogP contribution is -2.70. The van der Waals surface area contributed by atoms with Crippen molar-refractivity contribution in [3.63, 3.8) is 0 Å². The Balaban J connectivity index is 6.15. The summed E-state index contributed by atoms with van der Waals surface area (Å²) in [6.07, 6.45) is -18.9. The number of hydrogen-bond donors (Lipinski definition) is 0. The van der Waals surface area contributed by atoms with Crippen LogP contribution in [0.4, 0.5) is 57.1 Å². The average Bonchev–Trinajstić information content (AvgIpc) is 2.51. The lowest BCUT2D eigenvalue weighted by molar-refractivity contribution is -0.392. The van der Waals surface area contributed by atoms with Gasteiger partial charge in [0.05, 0.1) is 5.60 Å². The maximum atomic E-state index is 13.7. The first-order valence-corrected chi connectivity index (χ1v) is 7.31. The molecule has 0 amide bonds. The van der Waals surface area contributed by atoms with Crippen LogP contribution in [0.15, 0.2) is 0 Å². The molecule has 0 spiro atoms. The predicted molar refractivity (Wildman–Crippen MR) is 65.6 cm³/mol. The molecule has 0 N–H and O–H groups in total. The lowest BCUT2D eigenvalue weighted by atomic mass is 9.87. The molecule has 0 aromatic heterocycles. The number of alkyl halides is 13. The molecule has 0 aliphatic rings. The normalized spacial score (nSPS) is 18.9. The van der Waals surface area contributed by atoms with Gasteiger partial charge in [0, 0.05) is 0 Å². The van der Waals surface area contributed by atoms with Gasteiger partial charge < -0.3 is 4.43 Å². The topological polar surface area (TPSA) is 9.23 Å². The molecule has 0 radical (unpaired) electrons. The fourth-order valence-corrected chi connectivity index (χ4v) is 1.83. The summed E-state index contributed by atoms with van der Waals surface area (Å²) in [5, 5.41) is 0. The van der Waals surface area contributed by atoms with Gasteiger partial charge in [-0.05, 0) is 13.8 Å². The van der Waals surface area contributed by atoms with Gasteiger partial charge in [-0.2, -0.15) is 35.1 Å². The van der Waals surface area contributed by atoms with Crippen LogP contribution in [0.25, 0.3) is 0 Å². The Morgan fingerprint density at radius 1 is 0.692 bits per heavy atom. The molecule has 3 unspecified atom stereocenters. The molecule has 0 aromatic carbocycles. The minimum Gasteiger partial charge on any atom is -0.420 e. The zero-order valence-corrected chi connectivity index (χ0v) is 15.1. The summed E-state index contributed by atoms with van der Waals surface area (Å²) < 4.78 is 174. The van der Waals surface area contributed by atoms with E-state index in [1.54, 1.807) is 0 Å². The molecule has 158 valence electrons. The largest absolute Gasteiger partial charge is 0.420 e. The third-order valence-corrected chi connectivity index (χ3v) is 4.61. The van der Waals surface area contributed by atoms with E-state index in [0.717, 1.165) is 0 Å². The molecule has 0 aliphatic heterocycles. The summed E-state index contributed by atoms with van der Waals surface area (Å²) in [4.78, 5) is 0. The molecule has 1 nitrogen and oxygen atoms in total. The quantitative estimate of drug-likeness (QED) is 0.394. The van der Waals surface area contributed by atoms with Crippen LogP contribution in [0.1, 0.15) is 13.8 Å². The first-order valence-electron chi connectivity index (χ1n) is 6.50. The van der Waals surface area contributed by atoms with Gasteiger partial charge in [-0.25, -0.2) is 22.0 Å². The number of halogens is 13. The van der Waals surface area contributed by atoms with Crippen molar-refractivity contribution in [3.05, 3.63) is 0 Å². The van der Waals surface area contributed by atoms with Gasteiger partial charge in [0.1, 0.15) is 10.5 Å². The molecular formula is C11H13F13OSi. The number of rotatable bonds is 9. The van der Waals surface area contributed by atoms with E-state index in [1.165, 1.54) is 0 Å². The highest BCUT2D eigenvalue weighted by Gasteiger charge is 2.85. The Morgan fingerprint density at radius 2 is 1.04 bits per heavy atom. The van der Waals surface area contributed by atoms with Crippen LogP contribution in [0, 0.1) is 0 Å². The van der Waals surface area contributed by atoms with Crippen molar-refractivity contribution in [2.75, 3.05) is 0 Å². The van der Waals surface area contributed by atoms with E-state index >= 15 is 0 Å². The van der Waals surface area contributed by atoms with Crippen molar-refractivity contribution < 1.29 is 61.5 Å². The van der Waals surface area contributed by atoms with E-state index in [4.69, 9.17) is 0 Å². The van der Waals surface area contributed by atoms with Crippen LogP contribution >= 0.6 is 0 Å².